The van der Waals surface area contributed by atoms with Crippen molar-refractivity contribution in [2.45, 2.75) is 13.0 Å². The van der Waals surface area contributed by atoms with E-state index in [4.69, 9.17) is 5.11 Å². The molecule has 1 unspecified atom stereocenters. The Morgan fingerprint density at radius 2 is 1.90 bits per heavy atom. The Bertz CT molecular complexity index is 671. The van der Waals surface area contributed by atoms with Crippen molar-refractivity contribution in [1.29, 1.82) is 0 Å². The molecule has 0 saturated heterocycles. The number of halogens is 1. The van der Waals surface area contributed by atoms with Gasteiger partial charge in [0.25, 0.3) is 5.91 Å². The number of carboxylic acid groups (broad SMARTS) is 1. The van der Waals surface area contributed by atoms with Crippen LogP contribution in [0, 0.1) is 5.82 Å². The van der Waals surface area contributed by atoms with Gasteiger partial charge in [-0.2, -0.15) is 0 Å². The van der Waals surface area contributed by atoms with Crippen molar-refractivity contribution in [2.24, 2.45) is 0 Å². The molecule has 2 N–H and O–H groups in total. The molecule has 1 heterocycles. The molecule has 1 aromatic heterocycles. The van der Waals surface area contributed by atoms with Gasteiger partial charge in [-0.1, -0.05) is 12.1 Å². The highest BCUT2D eigenvalue weighted by Gasteiger charge is 2.19. The molecule has 0 spiro atoms. The minimum Gasteiger partial charge on any atom is -0.478 e. The number of pyridine rings is 1. The lowest BCUT2D eigenvalue weighted by Crippen LogP contribution is -2.29. The zero-order chi connectivity index (χ0) is 15.4. The number of nitrogens with one attached hydrogen (secondary N) is 1. The van der Waals surface area contributed by atoms with E-state index in [1.54, 1.807) is 19.1 Å². The number of aromatic nitrogens is 1. The van der Waals surface area contributed by atoms with Gasteiger partial charge in [0, 0.05) is 6.20 Å². The molecule has 0 aliphatic rings. The van der Waals surface area contributed by atoms with Crippen molar-refractivity contribution in [1.82, 2.24) is 10.3 Å². The van der Waals surface area contributed by atoms with Crippen molar-refractivity contribution in [3.05, 3.63) is 65.2 Å². The van der Waals surface area contributed by atoms with Gasteiger partial charge < -0.3 is 10.4 Å². The first-order chi connectivity index (χ1) is 9.99. The van der Waals surface area contributed by atoms with Gasteiger partial charge in [-0.05, 0) is 36.8 Å². The molecule has 0 fully saturated rings. The van der Waals surface area contributed by atoms with E-state index in [1.807, 2.05) is 0 Å². The summed E-state index contributed by atoms with van der Waals surface area (Å²) in [5.74, 6) is -2.18. The Labute approximate surface area is 120 Å². The van der Waals surface area contributed by atoms with Gasteiger partial charge >= 0.3 is 5.97 Å². The number of hydrogen-bond acceptors (Lipinski definition) is 3. The number of rotatable bonds is 4. The van der Waals surface area contributed by atoms with E-state index >= 15 is 0 Å². The monoisotopic (exact) mass is 288 g/mol. The third kappa shape index (κ3) is 3.42. The Balaban J connectivity index is 2.18. The van der Waals surface area contributed by atoms with Crippen LogP contribution in [0.1, 0.15) is 39.4 Å². The van der Waals surface area contributed by atoms with Crippen LogP contribution in [0.25, 0.3) is 0 Å². The molecule has 1 aromatic carbocycles. The Kier molecular flexibility index (Phi) is 4.27. The van der Waals surface area contributed by atoms with Crippen LogP contribution in [-0.4, -0.2) is 22.0 Å². The average Bonchev–Trinajstić information content (AvgIpc) is 2.47. The van der Waals surface area contributed by atoms with Crippen molar-refractivity contribution >= 4 is 11.9 Å². The zero-order valence-corrected chi connectivity index (χ0v) is 11.2. The lowest BCUT2D eigenvalue weighted by Gasteiger charge is -2.14. The van der Waals surface area contributed by atoms with Crippen LogP contribution in [0.5, 0.6) is 0 Å². The second-order valence-electron chi connectivity index (χ2n) is 4.45. The lowest BCUT2D eigenvalue weighted by molar-refractivity contribution is 0.0689. The molecule has 0 radical (unpaired) electrons. The first-order valence-corrected chi connectivity index (χ1v) is 6.23. The molecule has 6 heteroatoms. The summed E-state index contributed by atoms with van der Waals surface area (Å²) in [5.41, 5.74) is 0.387. The first kappa shape index (κ1) is 14.6. The van der Waals surface area contributed by atoms with Gasteiger partial charge in [0.1, 0.15) is 11.5 Å². The van der Waals surface area contributed by atoms with Gasteiger partial charge in [0.15, 0.2) is 0 Å². The quantitative estimate of drug-likeness (QED) is 0.905. The van der Waals surface area contributed by atoms with E-state index in [-0.39, 0.29) is 17.1 Å². The maximum atomic E-state index is 12.9. The number of hydrogen-bond donors (Lipinski definition) is 2. The van der Waals surface area contributed by atoms with E-state index in [9.17, 15) is 14.0 Å². The lowest BCUT2D eigenvalue weighted by atomic mass is 10.1. The third-order valence-corrected chi connectivity index (χ3v) is 2.97. The standard InChI is InChI=1S/C15H13FN2O3/c1-9(10-4-6-11(16)7-5-10)18-14(19)13-12(15(20)21)3-2-8-17-13/h2-9H,1H3,(H,18,19)(H,20,21). The van der Waals surface area contributed by atoms with E-state index in [0.717, 1.165) is 0 Å². The molecule has 0 saturated carbocycles. The van der Waals surface area contributed by atoms with Gasteiger partial charge in [-0.25, -0.2) is 9.18 Å². The SMILES string of the molecule is CC(NC(=O)c1ncccc1C(=O)O)c1ccc(F)cc1. The molecule has 108 valence electrons. The average molecular weight is 288 g/mol. The molecule has 0 aliphatic heterocycles. The summed E-state index contributed by atoms with van der Waals surface area (Å²) in [6, 6.07) is 8.05. The highest BCUT2D eigenvalue weighted by Crippen LogP contribution is 2.14. The maximum Gasteiger partial charge on any atom is 0.338 e. The molecule has 0 aliphatic carbocycles. The summed E-state index contributed by atoms with van der Waals surface area (Å²) in [5, 5.41) is 11.7. The summed E-state index contributed by atoms with van der Waals surface area (Å²) in [6.45, 7) is 1.72. The molecular weight excluding hydrogens is 275 g/mol. The maximum absolute atomic E-state index is 12.9. The van der Waals surface area contributed by atoms with Crippen LogP contribution in [0.4, 0.5) is 4.39 Å². The second-order valence-corrected chi connectivity index (χ2v) is 4.45. The molecular formula is C15H13FN2O3. The van der Waals surface area contributed by atoms with Crippen LogP contribution in [0.15, 0.2) is 42.6 Å². The highest BCUT2D eigenvalue weighted by atomic mass is 19.1. The van der Waals surface area contributed by atoms with Crippen LogP contribution >= 0.6 is 0 Å². The number of carbonyl (C=O) groups excluding carboxylic acids is 1. The van der Waals surface area contributed by atoms with Gasteiger partial charge in [0.05, 0.1) is 11.6 Å². The summed E-state index contributed by atoms with van der Waals surface area (Å²) in [6.07, 6.45) is 1.35. The van der Waals surface area contributed by atoms with Crippen molar-refractivity contribution in [2.75, 3.05) is 0 Å². The van der Waals surface area contributed by atoms with Gasteiger partial charge in [-0.3, -0.25) is 9.78 Å². The molecule has 1 atom stereocenters. The third-order valence-electron chi connectivity index (χ3n) is 2.97. The van der Waals surface area contributed by atoms with E-state index < -0.39 is 17.9 Å². The minimum atomic E-state index is -1.22. The van der Waals surface area contributed by atoms with E-state index in [2.05, 4.69) is 10.3 Å². The van der Waals surface area contributed by atoms with Gasteiger partial charge in [0.2, 0.25) is 0 Å². The molecule has 2 rings (SSSR count). The fraction of sp³-hybridized carbons (Fsp3) is 0.133. The number of carbonyl (C=O) groups is 2. The summed E-state index contributed by atoms with van der Waals surface area (Å²) in [7, 11) is 0. The normalized spacial score (nSPS) is 11.7. The predicted molar refractivity (Wildman–Crippen MR) is 73.5 cm³/mol. The fourth-order valence-electron chi connectivity index (χ4n) is 1.86. The van der Waals surface area contributed by atoms with Crippen molar-refractivity contribution < 1.29 is 19.1 Å². The summed E-state index contributed by atoms with van der Waals surface area (Å²) < 4.78 is 12.9. The first-order valence-electron chi connectivity index (χ1n) is 6.23. The molecule has 5 nitrogen and oxygen atoms in total. The number of nitrogens with zero attached hydrogens (tertiary/aromatic N) is 1. The van der Waals surface area contributed by atoms with Crippen molar-refractivity contribution in [3.63, 3.8) is 0 Å². The van der Waals surface area contributed by atoms with Crippen LogP contribution in [-0.2, 0) is 0 Å². The van der Waals surface area contributed by atoms with Crippen LogP contribution in [0.3, 0.4) is 0 Å². The van der Waals surface area contributed by atoms with Crippen molar-refractivity contribution in [3.8, 4) is 0 Å². The number of aromatic carboxylic acids is 1. The fourth-order valence-corrected chi connectivity index (χ4v) is 1.86. The largest absolute Gasteiger partial charge is 0.478 e. The smallest absolute Gasteiger partial charge is 0.338 e. The molecule has 0 bridgehead atoms. The number of carboxylic acids is 1. The zero-order valence-electron chi connectivity index (χ0n) is 11.2. The summed E-state index contributed by atoms with van der Waals surface area (Å²) in [4.78, 5) is 27.0. The Morgan fingerprint density at radius 1 is 1.24 bits per heavy atom. The molecule has 1 amide bonds. The second kappa shape index (κ2) is 6.13. The van der Waals surface area contributed by atoms with Crippen LogP contribution in [0.2, 0.25) is 0 Å². The predicted octanol–water partition coefficient (Wildman–Crippen LogP) is 2.41. The number of benzene rings is 1. The van der Waals surface area contributed by atoms with E-state index in [1.165, 1.54) is 30.5 Å². The van der Waals surface area contributed by atoms with Crippen LogP contribution < -0.4 is 5.32 Å². The van der Waals surface area contributed by atoms with E-state index in [0.29, 0.717) is 5.56 Å². The number of amides is 1. The molecule has 21 heavy (non-hydrogen) atoms. The topological polar surface area (TPSA) is 79.3 Å². The summed E-state index contributed by atoms with van der Waals surface area (Å²) >= 11 is 0. The Morgan fingerprint density at radius 3 is 2.52 bits per heavy atom. The minimum absolute atomic E-state index is 0.154. The molecule has 2 aromatic rings. The Hall–Kier alpha value is -2.76. The van der Waals surface area contributed by atoms with Gasteiger partial charge in [-0.15, -0.1) is 0 Å². The highest BCUT2D eigenvalue weighted by molar-refractivity contribution is 6.03.